The second-order valence-corrected chi connectivity index (χ2v) is 8.61. The molecule has 35 heavy (non-hydrogen) atoms. The van der Waals surface area contributed by atoms with Crippen LogP contribution in [0.1, 0.15) is 28.4 Å². The zero-order chi connectivity index (χ0) is 24.2. The van der Waals surface area contributed by atoms with Crippen molar-refractivity contribution in [2.75, 3.05) is 32.7 Å². The van der Waals surface area contributed by atoms with Gasteiger partial charge in [-0.25, -0.2) is 9.97 Å². The molecule has 0 aliphatic carbocycles. The number of nitrogens with one attached hydrogen (secondary N) is 1. The fourth-order valence-corrected chi connectivity index (χ4v) is 4.55. The Kier molecular flexibility index (Phi) is 6.25. The van der Waals surface area contributed by atoms with Crippen molar-refractivity contribution in [3.8, 4) is 23.4 Å². The van der Waals surface area contributed by atoms with Gasteiger partial charge in [0.2, 0.25) is 0 Å². The van der Waals surface area contributed by atoms with Crippen molar-refractivity contribution in [3.05, 3.63) is 72.4 Å². The molecule has 1 fully saturated rings. The topological polar surface area (TPSA) is 118 Å². The number of benzene rings is 1. The van der Waals surface area contributed by atoms with E-state index in [1.54, 1.807) is 30.6 Å². The maximum Gasteiger partial charge on any atom is 0.253 e. The number of aromatic nitrogens is 4. The quantitative estimate of drug-likeness (QED) is 0.468. The molecule has 4 heterocycles. The number of hydrogen-bond acceptors (Lipinski definition) is 6. The summed E-state index contributed by atoms with van der Waals surface area (Å²) in [5.41, 5.74) is 3.78. The number of piperazine rings is 1. The van der Waals surface area contributed by atoms with Gasteiger partial charge >= 0.3 is 0 Å². The van der Waals surface area contributed by atoms with Crippen LogP contribution in [0, 0.1) is 22.7 Å². The number of amides is 1. The van der Waals surface area contributed by atoms with E-state index in [0.29, 0.717) is 30.6 Å². The summed E-state index contributed by atoms with van der Waals surface area (Å²) in [4.78, 5) is 28.8. The van der Waals surface area contributed by atoms with Gasteiger partial charge in [0.15, 0.2) is 0 Å². The van der Waals surface area contributed by atoms with Crippen molar-refractivity contribution < 1.29 is 4.79 Å². The molecule has 1 atom stereocenters. The van der Waals surface area contributed by atoms with Crippen LogP contribution >= 0.6 is 0 Å². The van der Waals surface area contributed by atoms with Crippen LogP contribution in [0.25, 0.3) is 22.3 Å². The molecule has 174 valence electrons. The molecule has 5 rings (SSSR count). The van der Waals surface area contributed by atoms with E-state index >= 15 is 0 Å². The van der Waals surface area contributed by atoms with Gasteiger partial charge in [-0.2, -0.15) is 10.5 Å². The largest absolute Gasteiger partial charge is 0.348 e. The van der Waals surface area contributed by atoms with Crippen LogP contribution in [-0.4, -0.2) is 67.9 Å². The number of carbonyl (C=O) groups excluding carboxylic acids is 1. The molecule has 1 amide bonds. The van der Waals surface area contributed by atoms with Crippen molar-refractivity contribution in [3.63, 3.8) is 0 Å². The van der Waals surface area contributed by atoms with E-state index in [1.165, 1.54) is 0 Å². The number of hydrogen-bond donors (Lipinski definition) is 1. The van der Waals surface area contributed by atoms with Gasteiger partial charge in [-0.15, -0.1) is 0 Å². The summed E-state index contributed by atoms with van der Waals surface area (Å²) in [6.45, 7) is 3.47. The fourth-order valence-electron chi connectivity index (χ4n) is 4.55. The zero-order valence-corrected chi connectivity index (χ0v) is 19.1. The highest BCUT2D eigenvalue weighted by atomic mass is 16.2. The Morgan fingerprint density at radius 1 is 1.06 bits per heavy atom. The smallest absolute Gasteiger partial charge is 0.253 e. The predicted molar refractivity (Wildman–Crippen MR) is 130 cm³/mol. The van der Waals surface area contributed by atoms with Crippen LogP contribution in [0.2, 0.25) is 0 Å². The van der Waals surface area contributed by atoms with Crippen molar-refractivity contribution >= 4 is 16.9 Å². The van der Waals surface area contributed by atoms with E-state index in [-0.39, 0.29) is 11.9 Å². The molecule has 9 nitrogen and oxygen atoms in total. The van der Waals surface area contributed by atoms with Crippen molar-refractivity contribution in [2.24, 2.45) is 0 Å². The van der Waals surface area contributed by atoms with E-state index in [4.69, 9.17) is 5.26 Å². The molecule has 3 aromatic heterocycles. The highest BCUT2D eigenvalue weighted by Gasteiger charge is 2.24. The average molecular weight is 465 g/mol. The molecule has 1 N–H and O–H groups in total. The van der Waals surface area contributed by atoms with E-state index in [2.05, 4.69) is 36.6 Å². The maximum atomic E-state index is 12.8. The van der Waals surface area contributed by atoms with Gasteiger partial charge in [0, 0.05) is 67.8 Å². The third-order valence-corrected chi connectivity index (χ3v) is 6.48. The van der Waals surface area contributed by atoms with Crippen LogP contribution in [0.15, 0.2) is 61.3 Å². The Morgan fingerprint density at radius 2 is 1.86 bits per heavy atom. The standard InChI is InChI=1S/C26H24N8O/c27-8-5-22(34-10-7-21(16-34)24-23-6-9-29-25(23)31-18-30-24)17-32-11-13-33(14-12-32)26(35)20-3-1-19(15-28)2-4-20/h1-4,6-7,9-10,16,18,22H,5,11-14,17H2,(H,29,30,31). The molecule has 0 saturated carbocycles. The van der Waals surface area contributed by atoms with E-state index in [0.717, 1.165) is 41.9 Å². The average Bonchev–Trinajstić information content (AvgIpc) is 3.59. The number of nitriles is 2. The van der Waals surface area contributed by atoms with Crippen LogP contribution in [-0.2, 0) is 0 Å². The first-order valence-corrected chi connectivity index (χ1v) is 11.5. The number of nitrogens with zero attached hydrogens (tertiary/aromatic N) is 7. The molecule has 0 radical (unpaired) electrons. The fraction of sp³-hybridized carbons (Fsp3) is 0.269. The molecule has 9 heteroatoms. The third-order valence-electron chi connectivity index (χ3n) is 6.48. The predicted octanol–water partition coefficient (Wildman–Crippen LogP) is 3.21. The molecule has 0 spiro atoms. The van der Waals surface area contributed by atoms with Crippen molar-refractivity contribution in [1.29, 1.82) is 10.5 Å². The lowest BCUT2D eigenvalue weighted by Crippen LogP contribution is -2.49. The molecular formula is C26H24N8O. The maximum absolute atomic E-state index is 12.8. The summed E-state index contributed by atoms with van der Waals surface area (Å²) in [7, 11) is 0. The Hall–Kier alpha value is -4.47. The Labute approximate surface area is 202 Å². The Morgan fingerprint density at radius 3 is 2.60 bits per heavy atom. The summed E-state index contributed by atoms with van der Waals surface area (Å²) in [5, 5.41) is 19.4. The van der Waals surface area contributed by atoms with E-state index in [1.807, 2.05) is 35.6 Å². The van der Waals surface area contributed by atoms with Crippen molar-refractivity contribution in [2.45, 2.75) is 12.5 Å². The van der Waals surface area contributed by atoms with Crippen LogP contribution in [0.5, 0.6) is 0 Å². The normalized spacial score (nSPS) is 15.0. The number of carbonyl (C=O) groups is 1. The number of rotatable bonds is 6. The highest BCUT2D eigenvalue weighted by Crippen LogP contribution is 2.27. The van der Waals surface area contributed by atoms with Gasteiger partial charge in [-0.3, -0.25) is 9.69 Å². The van der Waals surface area contributed by atoms with Gasteiger partial charge in [-0.05, 0) is 36.4 Å². The molecule has 1 aliphatic rings. The van der Waals surface area contributed by atoms with Gasteiger partial charge in [0.1, 0.15) is 12.0 Å². The molecular weight excluding hydrogens is 440 g/mol. The van der Waals surface area contributed by atoms with Crippen molar-refractivity contribution in [1.82, 2.24) is 29.3 Å². The zero-order valence-electron chi connectivity index (χ0n) is 19.1. The number of fused-ring (bicyclic) bond motifs is 1. The monoisotopic (exact) mass is 464 g/mol. The van der Waals surface area contributed by atoms with Crippen LogP contribution in [0.3, 0.4) is 0 Å². The summed E-state index contributed by atoms with van der Waals surface area (Å²) >= 11 is 0. The van der Waals surface area contributed by atoms with Gasteiger partial charge in [0.25, 0.3) is 5.91 Å². The molecule has 1 aliphatic heterocycles. The summed E-state index contributed by atoms with van der Waals surface area (Å²) in [6.07, 6.45) is 7.84. The lowest BCUT2D eigenvalue weighted by molar-refractivity contribution is 0.0620. The lowest BCUT2D eigenvalue weighted by Gasteiger charge is -2.36. The Bertz CT molecular complexity index is 1410. The number of aromatic amines is 1. The summed E-state index contributed by atoms with van der Waals surface area (Å²) in [5.74, 6) is -0.0151. The van der Waals surface area contributed by atoms with Gasteiger partial charge in [0.05, 0.1) is 35.9 Å². The first-order valence-electron chi connectivity index (χ1n) is 11.5. The van der Waals surface area contributed by atoms with Crippen LogP contribution in [0.4, 0.5) is 0 Å². The van der Waals surface area contributed by atoms with Gasteiger partial charge < -0.3 is 14.5 Å². The van der Waals surface area contributed by atoms with Crippen LogP contribution < -0.4 is 0 Å². The van der Waals surface area contributed by atoms with E-state index < -0.39 is 0 Å². The molecule has 1 aromatic carbocycles. The molecule has 1 unspecified atom stereocenters. The minimum absolute atomic E-state index is 0.00178. The highest BCUT2D eigenvalue weighted by molar-refractivity contribution is 5.94. The molecule has 4 aromatic rings. The lowest BCUT2D eigenvalue weighted by atomic mass is 10.1. The SMILES string of the molecule is N#CCC(CN1CCN(C(=O)c2ccc(C#N)cc2)CC1)n1ccc(-c2ncnc3[nH]ccc23)c1. The first kappa shape index (κ1) is 22.3. The third kappa shape index (κ3) is 4.63. The summed E-state index contributed by atoms with van der Waals surface area (Å²) in [6, 6.07) is 15.1. The second kappa shape index (κ2) is 9.80. The van der Waals surface area contributed by atoms with Gasteiger partial charge in [-0.1, -0.05) is 0 Å². The Balaban J connectivity index is 1.24. The molecule has 1 saturated heterocycles. The summed E-state index contributed by atoms with van der Waals surface area (Å²) < 4.78 is 2.09. The van der Waals surface area contributed by atoms with E-state index in [9.17, 15) is 10.1 Å². The first-order chi connectivity index (χ1) is 17.2. The number of H-pyrrole nitrogens is 1. The second-order valence-electron chi connectivity index (χ2n) is 8.61. The minimum atomic E-state index is -0.0151. The minimum Gasteiger partial charge on any atom is -0.348 e. The molecule has 0 bridgehead atoms.